The van der Waals surface area contributed by atoms with Crippen LogP contribution in [-0.2, 0) is 16.1 Å². The van der Waals surface area contributed by atoms with Crippen LogP contribution < -0.4 is 10.1 Å². The van der Waals surface area contributed by atoms with Crippen molar-refractivity contribution in [2.75, 3.05) is 26.0 Å². The molecule has 0 aliphatic carbocycles. The molecule has 1 heterocycles. The third-order valence-corrected chi connectivity index (χ3v) is 3.80. The number of carbonyl (C=O) groups excluding carboxylic acids is 2. The molecule has 1 N–H and O–H groups in total. The van der Waals surface area contributed by atoms with Crippen LogP contribution in [0, 0.1) is 13.8 Å². The number of likely N-dealkylation sites (N-methyl/N-ethyl adjacent to an activating group) is 1. The summed E-state index contributed by atoms with van der Waals surface area (Å²) in [5.41, 5.74) is 2.58. The lowest BCUT2D eigenvalue weighted by Gasteiger charge is -2.17. The molecule has 0 spiro atoms. The van der Waals surface area contributed by atoms with Gasteiger partial charge in [-0.25, -0.2) is 0 Å². The molecule has 2 rings (SSSR count). The van der Waals surface area contributed by atoms with Crippen LogP contribution in [0.5, 0.6) is 5.75 Å². The predicted molar refractivity (Wildman–Crippen MR) is 95.6 cm³/mol. The standard InChI is InChI=1S/C18H24N4O3/c1-13-10-14(2)22(20-13)9-8-18(24)21(3)12-17(23)19-15-6-5-7-16(11-15)25-4/h5-7,10-11H,8-9,12H2,1-4H3,(H,19,23). The van der Waals surface area contributed by atoms with E-state index in [9.17, 15) is 9.59 Å². The zero-order valence-corrected chi connectivity index (χ0v) is 15.1. The van der Waals surface area contributed by atoms with Gasteiger partial charge in [0.15, 0.2) is 0 Å². The molecule has 2 amide bonds. The van der Waals surface area contributed by atoms with E-state index in [1.165, 1.54) is 4.90 Å². The number of ether oxygens (including phenoxy) is 1. The summed E-state index contributed by atoms with van der Waals surface area (Å²) < 4.78 is 6.92. The summed E-state index contributed by atoms with van der Waals surface area (Å²) in [5.74, 6) is 0.302. The number of nitrogens with one attached hydrogen (secondary N) is 1. The highest BCUT2D eigenvalue weighted by Crippen LogP contribution is 2.16. The average molecular weight is 344 g/mol. The Morgan fingerprint density at radius 3 is 2.68 bits per heavy atom. The number of hydrogen-bond acceptors (Lipinski definition) is 4. The first kappa shape index (κ1) is 18.5. The maximum absolute atomic E-state index is 12.2. The van der Waals surface area contributed by atoms with Gasteiger partial charge in [-0.1, -0.05) is 6.07 Å². The van der Waals surface area contributed by atoms with Crippen molar-refractivity contribution in [2.24, 2.45) is 0 Å². The van der Waals surface area contributed by atoms with Crippen molar-refractivity contribution in [2.45, 2.75) is 26.8 Å². The predicted octanol–water partition coefficient (Wildman–Crippen LogP) is 2.00. The Labute approximate surface area is 147 Å². The van der Waals surface area contributed by atoms with E-state index in [2.05, 4.69) is 10.4 Å². The van der Waals surface area contributed by atoms with Crippen LogP contribution in [0.1, 0.15) is 17.8 Å². The van der Waals surface area contributed by atoms with Crippen molar-refractivity contribution < 1.29 is 14.3 Å². The van der Waals surface area contributed by atoms with Crippen molar-refractivity contribution in [1.82, 2.24) is 14.7 Å². The van der Waals surface area contributed by atoms with Gasteiger partial charge in [-0.3, -0.25) is 14.3 Å². The lowest BCUT2D eigenvalue weighted by atomic mass is 10.3. The van der Waals surface area contributed by atoms with E-state index in [1.54, 1.807) is 43.1 Å². The van der Waals surface area contributed by atoms with E-state index < -0.39 is 0 Å². The fourth-order valence-electron chi connectivity index (χ4n) is 2.50. The summed E-state index contributed by atoms with van der Waals surface area (Å²) in [6, 6.07) is 9.05. The molecular formula is C18H24N4O3. The highest BCUT2D eigenvalue weighted by atomic mass is 16.5. The molecule has 1 aromatic heterocycles. The number of aromatic nitrogens is 2. The summed E-state index contributed by atoms with van der Waals surface area (Å²) in [6.45, 7) is 4.36. The number of rotatable bonds is 7. The van der Waals surface area contributed by atoms with Crippen LogP contribution in [-0.4, -0.2) is 47.2 Å². The topological polar surface area (TPSA) is 76.5 Å². The molecule has 134 valence electrons. The van der Waals surface area contributed by atoms with E-state index in [1.807, 2.05) is 19.9 Å². The van der Waals surface area contributed by atoms with E-state index >= 15 is 0 Å². The Morgan fingerprint density at radius 1 is 1.28 bits per heavy atom. The summed E-state index contributed by atoms with van der Waals surface area (Å²) in [4.78, 5) is 25.7. The summed E-state index contributed by atoms with van der Waals surface area (Å²) in [7, 11) is 3.19. The molecule has 0 aliphatic rings. The first-order valence-corrected chi connectivity index (χ1v) is 8.08. The number of aryl methyl sites for hydroxylation is 3. The summed E-state index contributed by atoms with van der Waals surface area (Å²) in [5, 5.41) is 7.09. The normalized spacial score (nSPS) is 10.4. The van der Waals surface area contributed by atoms with Crippen molar-refractivity contribution in [3.8, 4) is 5.75 Å². The third-order valence-electron chi connectivity index (χ3n) is 3.80. The lowest BCUT2D eigenvalue weighted by Crippen LogP contribution is -2.35. The van der Waals surface area contributed by atoms with Gasteiger partial charge in [0.25, 0.3) is 0 Å². The minimum Gasteiger partial charge on any atom is -0.497 e. The number of nitrogens with zero attached hydrogens (tertiary/aromatic N) is 3. The molecule has 0 fully saturated rings. The van der Waals surface area contributed by atoms with Crippen molar-refractivity contribution in [3.63, 3.8) is 0 Å². The number of hydrogen-bond donors (Lipinski definition) is 1. The fourth-order valence-corrected chi connectivity index (χ4v) is 2.50. The van der Waals surface area contributed by atoms with Gasteiger partial charge in [-0.2, -0.15) is 5.10 Å². The molecular weight excluding hydrogens is 320 g/mol. The zero-order chi connectivity index (χ0) is 18.4. The van der Waals surface area contributed by atoms with Crippen LogP contribution in [0.4, 0.5) is 5.69 Å². The van der Waals surface area contributed by atoms with Crippen molar-refractivity contribution in [1.29, 1.82) is 0 Å². The van der Waals surface area contributed by atoms with E-state index in [0.717, 1.165) is 11.4 Å². The molecule has 7 heteroatoms. The van der Waals surface area contributed by atoms with Crippen LogP contribution >= 0.6 is 0 Å². The molecule has 2 aromatic rings. The molecule has 0 radical (unpaired) electrons. The van der Waals surface area contributed by atoms with E-state index in [0.29, 0.717) is 24.4 Å². The smallest absolute Gasteiger partial charge is 0.243 e. The first-order chi connectivity index (χ1) is 11.9. The van der Waals surface area contributed by atoms with Crippen molar-refractivity contribution >= 4 is 17.5 Å². The maximum Gasteiger partial charge on any atom is 0.243 e. The molecule has 0 atom stereocenters. The maximum atomic E-state index is 12.2. The minimum atomic E-state index is -0.254. The van der Waals surface area contributed by atoms with Gasteiger partial charge in [-0.05, 0) is 32.0 Å². The minimum absolute atomic E-state index is 0.00679. The van der Waals surface area contributed by atoms with Crippen LogP contribution in [0.25, 0.3) is 0 Å². The SMILES string of the molecule is COc1cccc(NC(=O)CN(C)C(=O)CCn2nc(C)cc2C)c1. The van der Waals surface area contributed by atoms with Crippen LogP contribution in [0.15, 0.2) is 30.3 Å². The Balaban J connectivity index is 1.83. The zero-order valence-electron chi connectivity index (χ0n) is 15.1. The lowest BCUT2D eigenvalue weighted by molar-refractivity contribution is -0.133. The summed E-state index contributed by atoms with van der Waals surface area (Å²) >= 11 is 0. The Bertz CT molecular complexity index is 755. The fraction of sp³-hybridized carbons (Fsp3) is 0.389. The number of carbonyl (C=O) groups is 2. The Kier molecular flexibility index (Phi) is 6.16. The highest BCUT2D eigenvalue weighted by Gasteiger charge is 2.14. The monoisotopic (exact) mass is 344 g/mol. The number of methoxy groups -OCH3 is 1. The Hall–Kier alpha value is -2.83. The van der Waals surface area contributed by atoms with Gasteiger partial charge in [0.05, 0.1) is 19.3 Å². The van der Waals surface area contributed by atoms with Gasteiger partial charge < -0.3 is 15.0 Å². The number of benzene rings is 1. The van der Waals surface area contributed by atoms with Gasteiger partial charge >= 0.3 is 0 Å². The van der Waals surface area contributed by atoms with Crippen LogP contribution in [0.3, 0.4) is 0 Å². The van der Waals surface area contributed by atoms with Crippen LogP contribution in [0.2, 0.25) is 0 Å². The number of amides is 2. The average Bonchev–Trinajstić information content (AvgIpc) is 2.90. The van der Waals surface area contributed by atoms with Gasteiger partial charge in [0, 0.05) is 37.5 Å². The van der Waals surface area contributed by atoms with Gasteiger partial charge in [-0.15, -0.1) is 0 Å². The third kappa shape index (κ3) is 5.34. The molecule has 1 aromatic carbocycles. The number of anilines is 1. The van der Waals surface area contributed by atoms with E-state index in [-0.39, 0.29) is 18.4 Å². The largest absolute Gasteiger partial charge is 0.497 e. The molecule has 0 saturated heterocycles. The molecule has 0 aliphatic heterocycles. The second-order valence-electron chi connectivity index (χ2n) is 5.93. The Morgan fingerprint density at radius 2 is 2.04 bits per heavy atom. The first-order valence-electron chi connectivity index (χ1n) is 8.08. The highest BCUT2D eigenvalue weighted by molar-refractivity contribution is 5.94. The van der Waals surface area contributed by atoms with Crippen molar-refractivity contribution in [3.05, 3.63) is 41.7 Å². The molecule has 0 saturated carbocycles. The molecule has 0 bridgehead atoms. The quantitative estimate of drug-likeness (QED) is 0.833. The molecule has 25 heavy (non-hydrogen) atoms. The molecule has 7 nitrogen and oxygen atoms in total. The second-order valence-corrected chi connectivity index (χ2v) is 5.93. The molecule has 0 unspecified atom stereocenters. The second kappa shape index (κ2) is 8.32. The summed E-state index contributed by atoms with van der Waals surface area (Å²) in [6.07, 6.45) is 0.297. The van der Waals surface area contributed by atoms with Gasteiger partial charge in [0.1, 0.15) is 5.75 Å². The van der Waals surface area contributed by atoms with Gasteiger partial charge in [0.2, 0.25) is 11.8 Å². The van der Waals surface area contributed by atoms with E-state index in [4.69, 9.17) is 4.74 Å².